The van der Waals surface area contributed by atoms with E-state index in [4.69, 9.17) is 8.85 Å². The minimum absolute atomic E-state index is 0.321. The van der Waals surface area contributed by atoms with Crippen molar-refractivity contribution >= 4 is 8.56 Å². The number of nitrogens with zero attached hydrogens (tertiary/aromatic N) is 1. The molecule has 0 aliphatic carbocycles. The Morgan fingerprint density at radius 2 is 1.67 bits per heavy atom. The summed E-state index contributed by atoms with van der Waals surface area (Å²) in [6, 6.07) is 0.867. The molecule has 1 aliphatic heterocycles. The molecule has 1 atom stereocenters. The van der Waals surface area contributed by atoms with Crippen LogP contribution in [-0.2, 0) is 8.85 Å². The zero-order valence-electron chi connectivity index (χ0n) is 12.2. The SMILES string of the molecule is CCO[Si](C)(CCC(O)N1CCCCC1)OCC. The Hall–Kier alpha value is 0.0569. The Morgan fingerprint density at radius 3 is 2.17 bits per heavy atom. The van der Waals surface area contributed by atoms with Gasteiger partial charge >= 0.3 is 8.56 Å². The van der Waals surface area contributed by atoms with E-state index >= 15 is 0 Å². The Balaban J connectivity index is 2.35. The van der Waals surface area contributed by atoms with Gasteiger partial charge in [0.1, 0.15) is 6.23 Å². The van der Waals surface area contributed by atoms with Crippen LogP contribution < -0.4 is 0 Å². The Bertz CT molecular complexity index is 216. The summed E-state index contributed by atoms with van der Waals surface area (Å²) in [5.41, 5.74) is 0. The van der Waals surface area contributed by atoms with Crippen molar-refractivity contribution in [1.82, 2.24) is 4.90 Å². The molecule has 4 nitrogen and oxygen atoms in total. The van der Waals surface area contributed by atoms with Gasteiger partial charge in [0.2, 0.25) is 0 Å². The summed E-state index contributed by atoms with van der Waals surface area (Å²) >= 11 is 0. The van der Waals surface area contributed by atoms with Crippen LogP contribution in [0.5, 0.6) is 0 Å². The van der Waals surface area contributed by atoms with Gasteiger partial charge in [-0.25, -0.2) is 0 Å². The smallest absolute Gasteiger partial charge is 0.335 e. The number of aliphatic hydroxyl groups is 1. The highest BCUT2D eigenvalue weighted by Crippen LogP contribution is 2.20. The van der Waals surface area contributed by atoms with Crippen LogP contribution in [0.15, 0.2) is 0 Å². The topological polar surface area (TPSA) is 41.9 Å². The minimum atomic E-state index is -2.06. The van der Waals surface area contributed by atoms with E-state index < -0.39 is 8.56 Å². The molecule has 1 unspecified atom stereocenters. The largest absolute Gasteiger partial charge is 0.395 e. The normalized spacial score (nSPS) is 20.0. The van der Waals surface area contributed by atoms with E-state index in [2.05, 4.69) is 11.4 Å². The lowest BCUT2D eigenvalue weighted by atomic mass is 10.1. The summed E-state index contributed by atoms with van der Waals surface area (Å²) in [4.78, 5) is 2.19. The van der Waals surface area contributed by atoms with Gasteiger partial charge in [-0.05, 0) is 45.7 Å². The van der Waals surface area contributed by atoms with E-state index in [0.29, 0.717) is 13.2 Å². The van der Waals surface area contributed by atoms with Crippen molar-refractivity contribution in [3.05, 3.63) is 0 Å². The highest BCUT2D eigenvalue weighted by molar-refractivity contribution is 6.66. The van der Waals surface area contributed by atoms with Gasteiger partial charge in [0.25, 0.3) is 0 Å². The molecule has 0 bridgehead atoms. The van der Waals surface area contributed by atoms with Crippen LogP contribution in [0.2, 0.25) is 12.6 Å². The molecule has 1 rings (SSSR count). The summed E-state index contributed by atoms with van der Waals surface area (Å²) in [5.74, 6) is 0. The van der Waals surface area contributed by atoms with Crippen molar-refractivity contribution in [2.75, 3.05) is 26.3 Å². The van der Waals surface area contributed by atoms with Gasteiger partial charge in [-0.1, -0.05) is 6.42 Å². The van der Waals surface area contributed by atoms with Gasteiger partial charge in [-0.3, -0.25) is 4.90 Å². The van der Waals surface area contributed by atoms with Crippen molar-refractivity contribution in [2.24, 2.45) is 0 Å². The molecule has 0 radical (unpaired) electrons. The maximum atomic E-state index is 10.2. The summed E-state index contributed by atoms with van der Waals surface area (Å²) in [5, 5.41) is 10.2. The van der Waals surface area contributed by atoms with Crippen LogP contribution in [-0.4, -0.2) is 51.1 Å². The Kier molecular flexibility index (Phi) is 7.40. The lowest BCUT2D eigenvalue weighted by Crippen LogP contribution is -2.43. The first-order valence-electron chi connectivity index (χ1n) is 7.31. The lowest BCUT2D eigenvalue weighted by Gasteiger charge is -2.33. The summed E-state index contributed by atoms with van der Waals surface area (Å²) < 4.78 is 11.6. The molecule has 0 aromatic heterocycles. The van der Waals surface area contributed by atoms with E-state index in [1.54, 1.807) is 0 Å². The second-order valence-corrected chi connectivity index (χ2v) is 8.46. The molecule has 1 fully saturated rings. The average Bonchev–Trinajstić information content (AvgIpc) is 2.38. The highest BCUT2D eigenvalue weighted by atomic mass is 28.4. The third kappa shape index (κ3) is 5.36. The second-order valence-electron chi connectivity index (χ2n) is 5.12. The van der Waals surface area contributed by atoms with Gasteiger partial charge in [0.05, 0.1) is 0 Å². The molecule has 18 heavy (non-hydrogen) atoms. The first kappa shape index (κ1) is 16.1. The number of likely N-dealkylation sites (tertiary alicyclic amines) is 1. The Labute approximate surface area is 113 Å². The number of aliphatic hydroxyl groups excluding tert-OH is 1. The summed E-state index contributed by atoms with van der Waals surface area (Å²) in [6.07, 6.45) is 4.17. The molecular formula is C13H29NO3Si. The standard InChI is InChI=1S/C13H29NO3Si/c1-4-16-18(3,17-5-2)12-9-13(15)14-10-7-6-8-11-14/h13,15H,4-12H2,1-3H3. The van der Waals surface area contributed by atoms with Crippen molar-refractivity contribution in [2.45, 2.75) is 58.3 Å². The first-order valence-corrected chi connectivity index (χ1v) is 9.83. The molecule has 0 aromatic carbocycles. The average molecular weight is 275 g/mol. The lowest BCUT2D eigenvalue weighted by molar-refractivity contribution is -0.0118. The van der Waals surface area contributed by atoms with Crippen molar-refractivity contribution in [3.8, 4) is 0 Å². The van der Waals surface area contributed by atoms with Crippen molar-refractivity contribution in [1.29, 1.82) is 0 Å². The van der Waals surface area contributed by atoms with Crippen LogP contribution in [0.25, 0.3) is 0 Å². The first-order chi connectivity index (χ1) is 8.61. The van der Waals surface area contributed by atoms with Gasteiger partial charge < -0.3 is 14.0 Å². The number of rotatable bonds is 8. The van der Waals surface area contributed by atoms with Gasteiger partial charge in [0.15, 0.2) is 0 Å². The fourth-order valence-corrected chi connectivity index (χ4v) is 4.96. The molecule has 0 aromatic rings. The zero-order valence-corrected chi connectivity index (χ0v) is 13.2. The van der Waals surface area contributed by atoms with Crippen LogP contribution in [0.1, 0.15) is 39.5 Å². The van der Waals surface area contributed by atoms with Crippen molar-refractivity contribution in [3.63, 3.8) is 0 Å². The van der Waals surface area contributed by atoms with E-state index in [-0.39, 0.29) is 6.23 Å². The number of hydrogen-bond acceptors (Lipinski definition) is 4. The van der Waals surface area contributed by atoms with Gasteiger partial charge in [-0.2, -0.15) is 0 Å². The zero-order chi connectivity index (χ0) is 13.4. The predicted octanol–water partition coefficient (Wildman–Crippen LogP) is 2.33. The minimum Gasteiger partial charge on any atom is -0.395 e. The molecule has 1 aliphatic rings. The fourth-order valence-electron chi connectivity index (χ4n) is 2.59. The van der Waals surface area contributed by atoms with E-state index in [1.165, 1.54) is 19.3 Å². The monoisotopic (exact) mass is 275 g/mol. The van der Waals surface area contributed by atoms with E-state index in [1.807, 2.05) is 13.8 Å². The van der Waals surface area contributed by atoms with Crippen LogP contribution in [0.4, 0.5) is 0 Å². The van der Waals surface area contributed by atoms with Crippen LogP contribution >= 0.6 is 0 Å². The van der Waals surface area contributed by atoms with Gasteiger partial charge in [0, 0.05) is 26.3 Å². The van der Waals surface area contributed by atoms with E-state index in [0.717, 1.165) is 25.6 Å². The molecule has 1 saturated heterocycles. The third-order valence-electron chi connectivity index (χ3n) is 3.57. The molecule has 108 valence electrons. The fraction of sp³-hybridized carbons (Fsp3) is 1.00. The molecular weight excluding hydrogens is 246 g/mol. The molecule has 0 amide bonds. The van der Waals surface area contributed by atoms with E-state index in [9.17, 15) is 5.11 Å². The quantitative estimate of drug-likeness (QED) is 0.690. The maximum absolute atomic E-state index is 10.2. The summed E-state index contributed by atoms with van der Waals surface area (Å²) in [6.45, 7) is 9.57. The molecule has 0 saturated carbocycles. The molecule has 0 spiro atoms. The highest BCUT2D eigenvalue weighted by Gasteiger charge is 2.32. The molecule has 5 heteroatoms. The van der Waals surface area contributed by atoms with Gasteiger partial charge in [-0.15, -0.1) is 0 Å². The van der Waals surface area contributed by atoms with Crippen molar-refractivity contribution < 1.29 is 14.0 Å². The Morgan fingerprint density at radius 1 is 1.11 bits per heavy atom. The predicted molar refractivity (Wildman–Crippen MR) is 75.7 cm³/mol. The third-order valence-corrected chi connectivity index (χ3v) is 6.56. The molecule has 1 N–H and O–H groups in total. The maximum Gasteiger partial charge on any atom is 0.335 e. The van der Waals surface area contributed by atoms with Crippen LogP contribution in [0.3, 0.4) is 0 Å². The summed E-state index contributed by atoms with van der Waals surface area (Å²) in [7, 11) is -2.06. The number of piperidine rings is 1. The second kappa shape index (κ2) is 8.27. The van der Waals surface area contributed by atoms with Crippen LogP contribution in [0, 0.1) is 0 Å². The molecule has 1 heterocycles. The number of hydrogen-bond donors (Lipinski definition) is 1.